The van der Waals surface area contributed by atoms with E-state index in [1.807, 2.05) is 26.0 Å². The van der Waals surface area contributed by atoms with E-state index in [1.165, 1.54) is 12.8 Å². The fourth-order valence-electron chi connectivity index (χ4n) is 2.30. The zero-order valence-corrected chi connectivity index (χ0v) is 11.9. The number of aryl methyl sites for hydroxylation is 1. The maximum Gasteiger partial charge on any atom is 0.141 e. The Labute approximate surface area is 115 Å². The van der Waals surface area contributed by atoms with E-state index in [4.69, 9.17) is 15.2 Å². The van der Waals surface area contributed by atoms with E-state index >= 15 is 0 Å². The molecule has 2 heterocycles. The molecule has 1 aromatic rings. The molecule has 19 heavy (non-hydrogen) atoms. The second kappa shape index (κ2) is 6.87. The van der Waals surface area contributed by atoms with Gasteiger partial charge in [0.15, 0.2) is 0 Å². The summed E-state index contributed by atoms with van der Waals surface area (Å²) in [4.78, 5) is 4.53. The maximum absolute atomic E-state index is 5.89. The van der Waals surface area contributed by atoms with E-state index in [9.17, 15) is 0 Å². The summed E-state index contributed by atoms with van der Waals surface area (Å²) in [6.07, 6.45) is 4.44. The summed E-state index contributed by atoms with van der Waals surface area (Å²) in [5.74, 6) is 0.845. The molecule has 2 atom stereocenters. The van der Waals surface area contributed by atoms with Crippen molar-refractivity contribution in [3.8, 4) is 5.75 Å². The Hall–Kier alpha value is -1.13. The molecular formula is C15H24N2O2. The smallest absolute Gasteiger partial charge is 0.141 e. The molecule has 0 bridgehead atoms. The number of nitrogens with zero attached hydrogens (tertiary/aromatic N) is 1. The van der Waals surface area contributed by atoms with E-state index < -0.39 is 0 Å². The lowest BCUT2D eigenvalue weighted by atomic mass is 10.1. The Morgan fingerprint density at radius 1 is 1.47 bits per heavy atom. The molecule has 1 fully saturated rings. The van der Waals surface area contributed by atoms with Crippen molar-refractivity contribution in [2.75, 3.05) is 13.2 Å². The van der Waals surface area contributed by atoms with Crippen LogP contribution in [0.1, 0.15) is 37.6 Å². The Kier molecular flexibility index (Phi) is 5.16. The summed E-state index contributed by atoms with van der Waals surface area (Å²) < 4.78 is 11.6. The third-order valence-corrected chi connectivity index (χ3v) is 3.29. The summed E-state index contributed by atoms with van der Waals surface area (Å²) in [6.45, 7) is 5.43. The maximum atomic E-state index is 5.89. The van der Waals surface area contributed by atoms with Crippen molar-refractivity contribution < 1.29 is 9.47 Å². The van der Waals surface area contributed by atoms with Gasteiger partial charge in [-0.05, 0) is 45.2 Å². The summed E-state index contributed by atoms with van der Waals surface area (Å²) >= 11 is 0. The van der Waals surface area contributed by atoms with Crippen LogP contribution in [0.5, 0.6) is 5.75 Å². The van der Waals surface area contributed by atoms with Crippen LogP contribution in [-0.4, -0.2) is 30.3 Å². The van der Waals surface area contributed by atoms with E-state index in [1.54, 1.807) is 0 Å². The first-order valence-electron chi connectivity index (χ1n) is 7.11. The van der Waals surface area contributed by atoms with Crippen LogP contribution in [0.2, 0.25) is 0 Å². The van der Waals surface area contributed by atoms with Crippen molar-refractivity contribution in [2.45, 2.75) is 51.7 Å². The zero-order valence-electron chi connectivity index (χ0n) is 11.9. The molecule has 2 N–H and O–H groups in total. The molecule has 4 heteroatoms. The van der Waals surface area contributed by atoms with Crippen LogP contribution in [0.3, 0.4) is 0 Å². The van der Waals surface area contributed by atoms with Gasteiger partial charge in [-0.1, -0.05) is 0 Å². The van der Waals surface area contributed by atoms with Crippen LogP contribution in [0.4, 0.5) is 0 Å². The van der Waals surface area contributed by atoms with Crippen LogP contribution in [-0.2, 0) is 11.2 Å². The molecule has 0 saturated carbocycles. The SMILES string of the molecule is Cc1ccc(OCC2CCCCO2)c(CC(C)N)n1. The second-order valence-corrected chi connectivity index (χ2v) is 5.38. The topological polar surface area (TPSA) is 57.4 Å². The summed E-state index contributed by atoms with van der Waals surface area (Å²) in [7, 11) is 0. The largest absolute Gasteiger partial charge is 0.489 e. The quantitative estimate of drug-likeness (QED) is 0.886. The van der Waals surface area contributed by atoms with Crippen LogP contribution >= 0.6 is 0 Å². The van der Waals surface area contributed by atoms with Gasteiger partial charge < -0.3 is 15.2 Å². The Morgan fingerprint density at radius 3 is 3.00 bits per heavy atom. The number of hydrogen-bond donors (Lipinski definition) is 1. The molecule has 1 aliphatic rings. The number of pyridine rings is 1. The van der Waals surface area contributed by atoms with Gasteiger partial charge in [0.05, 0.1) is 11.8 Å². The van der Waals surface area contributed by atoms with Crippen LogP contribution < -0.4 is 10.5 Å². The first-order chi connectivity index (χ1) is 9.15. The van der Waals surface area contributed by atoms with E-state index in [0.29, 0.717) is 6.61 Å². The molecule has 4 nitrogen and oxygen atoms in total. The predicted octanol–water partition coefficient (Wildman–Crippen LogP) is 2.23. The fraction of sp³-hybridized carbons (Fsp3) is 0.667. The summed E-state index contributed by atoms with van der Waals surface area (Å²) in [5.41, 5.74) is 7.81. The van der Waals surface area contributed by atoms with Gasteiger partial charge in [-0.3, -0.25) is 4.98 Å². The standard InChI is InChI=1S/C15H24N2O2/c1-11(16)9-14-15(7-6-12(2)17-14)19-10-13-5-3-4-8-18-13/h6-7,11,13H,3-5,8-10,16H2,1-2H3. The molecule has 0 amide bonds. The Morgan fingerprint density at radius 2 is 2.32 bits per heavy atom. The second-order valence-electron chi connectivity index (χ2n) is 5.38. The van der Waals surface area contributed by atoms with Gasteiger partial charge in [-0.2, -0.15) is 0 Å². The van der Waals surface area contributed by atoms with Gasteiger partial charge in [-0.15, -0.1) is 0 Å². The van der Waals surface area contributed by atoms with E-state index in [-0.39, 0.29) is 12.1 Å². The number of aromatic nitrogens is 1. The third kappa shape index (κ3) is 4.48. The minimum Gasteiger partial charge on any atom is -0.489 e. The predicted molar refractivity (Wildman–Crippen MR) is 75.4 cm³/mol. The molecule has 106 valence electrons. The zero-order chi connectivity index (χ0) is 13.7. The number of rotatable bonds is 5. The molecule has 1 saturated heterocycles. The van der Waals surface area contributed by atoms with Crippen molar-refractivity contribution in [3.05, 3.63) is 23.5 Å². The fourth-order valence-corrected chi connectivity index (χ4v) is 2.30. The first-order valence-corrected chi connectivity index (χ1v) is 7.11. The van der Waals surface area contributed by atoms with Gasteiger partial charge in [0.1, 0.15) is 12.4 Å². The summed E-state index contributed by atoms with van der Waals surface area (Å²) in [5, 5.41) is 0. The van der Waals surface area contributed by atoms with Gasteiger partial charge in [0.25, 0.3) is 0 Å². The molecule has 0 radical (unpaired) electrons. The van der Waals surface area contributed by atoms with Crippen LogP contribution in [0.25, 0.3) is 0 Å². The molecule has 0 aliphatic carbocycles. The highest BCUT2D eigenvalue weighted by atomic mass is 16.5. The lowest BCUT2D eigenvalue weighted by Crippen LogP contribution is -2.26. The van der Waals surface area contributed by atoms with Crippen molar-refractivity contribution in [3.63, 3.8) is 0 Å². The lowest BCUT2D eigenvalue weighted by Gasteiger charge is -2.23. The highest BCUT2D eigenvalue weighted by Crippen LogP contribution is 2.20. The lowest BCUT2D eigenvalue weighted by molar-refractivity contribution is -0.0113. The molecule has 1 aromatic heterocycles. The normalized spacial score (nSPS) is 21.1. The van der Waals surface area contributed by atoms with E-state index in [0.717, 1.165) is 36.6 Å². The first kappa shape index (κ1) is 14.3. The van der Waals surface area contributed by atoms with Gasteiger partial charge >= 0.3 is 0 Å². The van der Waals surface area contributed by atoms with Crippen LogP contribution in [0.15, 0.2) is 12.1 Å². The molecule has 1 aliphatic heterocycles. The third-order valence-electron chi connectivity index (χ3n) is 3.29. The molecular weight excluding hydrogens is 240 g/mol. The minimum atomic E-state index is 0.0857. The van der Waals surface area contributed by atoms with Gasteiger partial charge in [-0.25, -0.2) is 0 Å². The van der Waals surface area contributed by atoms with Crippen molar-refractivity contribution >= 4 is 0 Å². The van der Waals surface area contributed by atoms with Crippen LogP contribution in [0, 0.1) is 6.92 Å². The van der Waals surface area contributed by atoms with Gasteiger partial charge in [0, 0.05) is 24.8 Å². The summed E-state index contributed by atoms with van der Waals surface area (Å²) in [6, 6.07) is 4.05. The molecule has 0 aromatic carbocycles. The average molecular weight is 264 g/mol. The number of hydrogen-bond acceptors (Lipinski definition) is 4. The highest BCUT2D eigenvalue weighted by molar-refractivity contribution is 5.30. The Bertz CT molecular complexity index is 401. The minimum absolute atomic E-state index is 0.0857. The molecule has 0 spiro atoms. The molecule has 2 unspecified atom stereocenters. The van der Waals surface area contributed by atoms with Crippen molar-refractivity contribution in [1.29, 1.82) is 0 Å². The monoisotopic (exact) mass is 264 g/mol. The highest BCUT2D eigenvalue weighted by Gasteiger charge is 2.16. The number of nitrogens with two attached hydrogens (primary N) is 1. The van der Waals surface area contributed by atoms with Crippen molar-refractivity contribution in [1.82, 2.24) is 4.98 Å². The number of ether oxygens (including phenoxy) is 2. The average Bonchev–Trinajstić information content (AvgIpc) is 2.38. The van der Waals surface area contributed by atoms with Gasteiger partial charge in [0.2, 0.25) is 0 Å². The van der Waals surface area contributed by atoms with Crippen molar-refractivity contribution in [2.24, 2.45) is 5.73 Å². The van der Waals surface area contributed by atoms with E-state index in [2.05, 4.69) is 4.98 Å². The Balaban J connectivity index is 1.97. The molecule has 2 rings (SSSR count).